The molecule has 1 fully saturated rings. The van der Waals surface area contributed by atoms with Crippen LogP contribution in [0.4, 0.5) is 5.82 Å². The first-order chi connectivity index (χ1) is 9.51. The molecule has 1 heterocycles. The zero-order valence-corrected chi connectivity index (χ0v) is 11.1. The summed E-state index contributed by atoms with van der Waals surface area (Å²) in [7, 11) is 0. The van der Waals surface area contributed by atoms with Crippen molar-refractivity contribution in [2.24, 2.45) is 5.41 Å². The molecule has 1 aliphatic rings. The van der Waals surface area contributed by atoms with Crippen molar-refractivity contribution in [1.29, 1.82) is 0 Å². The number of rotatable bonds is 5. The van der Waals surface area contributed by atoms with Gasteiger partial charge in [-0.05, 0) is 18.3 Å². The van der Waals surface area contributed by atoms with Crippen molar-refractivity contribution >= 4 is 11.8 Å². The third kappa shape index (κ3) is 3.46. The van der Waals surface area contributed by atoms with Crippen LogP contribution in [0.3, 0.4) is 0 Å². The lowest BCUT2D eigenvalue weighted by molar-refractivity contribution is -0.140. The van der Waals surface area contributed by atoms with Gasteiger partial charge in [0.25, 0.3) is 5.56 Å². The Labute approximate surface area is 114 Å². The molecule has 1 aliphatic carbocycles. The molecule has 1 saturated carbocycles. The fourth-order valence-corrected chi connectivity index (χ4v) is 2.78. The van der Waals surface area contributed by atoms with Gasteiger partial charge in [0.05, 0.1) is 6.42 Å². The van der Waals surface area contributed by atoms with Gasteiger partial charge in [-0.3, -0.25) is 14.6 Å². The van der Waals surface area contributed by atoms with Crippen LogP contribution in [-0.2, 0) is 4.79 Å². The number of aliphatic carboxylic acids is 1. The zero-order chi connectivity index (χ0) is 14.6. The lowest BCUT2D eigenvalue weighted by Gasteiger charge is -2.36. The molecular weight excluding hydrogens is 264 g/mol. The van der Waals surface area contributed by atoms with Crippen LogP contribution in [0.2, 0.25) is 0 Å². The summed E-state index contributed by atoms with van der Waals surface area (Å²) in [6.07, 6.45) is 4.79. The average molecular weight is 282 g/mol. The first kappa shape index (κ1) is 14.3. The molecule has 4 N–H and O–H groups in total. The number of aromatic amines is 2. The van der Waals surface area contributed by atoms with Crippen molar-refractivity contribution < 1.29 is 9.90 Å². The van der Waals surface area contributed by atoms with Crippen molar-refractivity contribution in [3.63, 3.8) is 0 Å². The number of nitrogens with zero attached hydrogens (tertiary/aromatic N) is 1. The highest BCUT2D eigenvalue weighted by atomic mass is 16.4. The normalized spacial score (nSPS) is 17.6. The van der Waals surface area contributed by atoms with Crippen LogP contribution >= 0.6 is 0 Å². The summed E-state index contributed by atoms with van der Waals surface area (Å²) in [5.74, 6) is -0.822. The molecule has 8 heteroatoms. The number of aromatic nitrogens is 3. The molecule has 110 valence electrons. The summed E-state index contributed by atoms with van der Waals surface area (Å²) in [6.45, 7) is 0.363. The molecule has 0 saturated heterocycles. The minimum atomic E-state index is -0.836. The van der Waals surface area contributed by atoms with E-state index in [0.29, 0.717) is 6.54 Å². The minimum Gasteiger partial charge on any atom is -0.481 e. The second-order valence-electron chi connectivity index (χ2n) is 5.34. The van der Waals surface area contributed by atoms with E-state index in [1.807, 2.05) is 0 Å². The SMILES string of the molecule is O=C(O)CC1(CNc2n[nH]c(=O)[nH]c2=O)CCCCC1. The van der Waals surface area contributed by atoms with Crippen LogP contribution in [0, 0.1) is 5.41 Å². The van der Waals surface area contributed by atoms with Crippen LogP contribution in [0.25, 0.3) is 0 Å². The Morgan fingerprint density at radius 1 is 1.30 bits per heavy atom. The molecule has 1 aromatic heterocycles. The summed E-state index contributed by atoms with van der Waals surface area (Å²) in [5.41, 5.74) is -1.62. The second kappa shape index (κ2) is 5.89. The van der Waals surface area contributed by atoms with Crippen LogP contribution in [-0.4, -0.2) is 32.8 Å². The zero-order valence-electron chi connectivity index (χ0n) is 11.1. The Bertz CT molecular complexity index is 586. The molecule has 0 aliphatic heterocycles. The van der Waals surface area contributed by atoms with Gasteiger partial charge in [-0.2, -0.15) is 0 Å². The first-order valence-electron chi connectivity index (χ1n) is 6.65. The number of carboxylic acid groups (broad SMARTS) is 1. The predicted octanol–water partition coefficient (Wildman–Crippen LogP) is 0.295. The number of hydrogen-bond acceptors (Lipinski definition) is 5. The molecule has 0 aromatic carbocycles. The van der Waals surface area contributed by atoms with Gasteiger partial charge >= 0.3 is 11.7 Å². The molecule has 0 atom stereocenters. The number of nitrogens with one attached hydrogen (secondary N) is 3. The Balaban J connectivity index is 2.10. The minimum absolute atomic E-state index is 0.0138. The quantitative estimate of drug-likeness (QED) is 0.614. The van der Waals surface area contributed by atoms with Gasteiger partial charge in [0.15, 0.2) is 0 Å². The molecule has 0 spiro atoms. The third-order valence-corrected chi connectivity index (χ3v) is 3.78. The van der Waals surface area contributed by atoms with E-state index in [1.165, 1.54) is 0 Å². The van der Waals surface area contributed by atoms with E-state index < -0.39 is 17.2 Å². The van der Waals surface area contributed by atoms with Gasteiger partial charge in [-0.15, -0.1) is 5.10 Å². The highest BCUT2D eigenvalue weighted by Crippen LogP contribution is 2.39. The van der Waals surface area contributed by atoms with E-state index in [-0.39, 0.29) is 17.7 Å². The van der Waals surface area contributed by atoms with Gasteiger partial charge in [0, 0.05) is 6.54 Å². The maximum absolute atomic E-state index is 11.5. The van der Waals surface area contributed by atoms with E-state index in [0.717, 1.165) is 32.1 Å². The maximum Gasteiger partial charge on any atom is 0.342 e. The van der Waals surface area contributed by atoms with Gasteiger partial charge in [0.1, 0.15) is 0 Å². The van der Waals surface area contributed by atoms with Crippen molar-refractivity contribution in [1.82, 2.24) is 15.2 Å². The van der Waals surface area contributed by atoms with Gasteiger partial charge in [-0.25, -0.2) is 9.89 Å². The standard InChI is InChI=1S/C12H18N4O4/c17-8(18)6-12(4-2-1-3-5-12)7-13-9-10(19)14-11(20)16-15-9/h1-7H2,(H,13,15)(H,17,18)(H2,14,16,19,20). The number of carboxylic acids is 1. The Morgan fingerprint density at radius 3 is 2.60 bits per heavy atom. The lowest BCUT2D eigenvalue weighted by atomic mass is 9.72. The van der Waals surface area contributed by atoms with E-state index in [4.69, 9.17) is 5.11 Å². The molecule has 0 radical (unpaired) electrons. The van der Waals surface area contributed by atoms with Gasteiger partial charge in [-0.1, -0.05) is 19.3 Å². The van der Waals surface area contributed by atoms with Gasteiger partial charge in [0.2, 0.25) is 5.82 Å². The molecular formula is C12H18N4O4. The van der Waals surface area contributed by atoms with Crippen molar-refractivity contribution in [2.45, 2.75) is 38.5 Å². The van der Waals surface area contributed by atoms with Crippen molar-refractivity contribution in [3.8, 4) is 0 Å². The monoisotopic (exact) mass is 282 g/mol. The lowest BCUT2D eigenvalue weighted by Crippen LogP contribution is -2.36. The molecule has 20 heavy (non-hydrogen) atoms. The average Bonchev–Trinajstić information content (AvgIpc) is 2.38. The Kier molecular flexibility index (Phi) is 4.21. The molecule has 8 nitrogen and oxygen atoms in total. The first-order valence-corrected chi connectivity index (χ1v) is 6.65. The molecule has 0 unspecified atom stereocenters. The molecule has 2 rings (SSSR count). The predicted molar refractivity (Wildman–Crippen MR) is 71.7 cm³/mol. The van der Waals surface area contributed by atoms with Crippen molar-refractivity contribution in [2.75, 3.05) is 11.9 Å². The highest BCUT2D eigenvalue weighted by Gasteiger charge is 2.34. The van der Waals surface area contributed by atoms with E-state index in [2.05, 4.69) is 20.5 Å². The van der Waals surface area contributed by atoms with Crippen LogP contribution in [0.5, 0.6) is 0 Å². The highest BCUT2D eigenvalue weighted by molar-refractivity contribution is 5.67. The fraction of sp³-hybridized carbons (Fsp3) is 0.667. The Hall–Kier alpha value is -2.12. The maximum atomic E-state index is 11.5. The smallest absolute Gasteiger partial charge is 0.342 e. The third-order valence-electron chi connectivity index (χ3n) is 3.78. The van der Waals surface area contributed by atoms with Crippen molar-refractivity contribution in [3.05, 3.63) is 20.8 Å². The summed E-state index contributed by atoms with van der Waals surface area (Å²) >= 11 is 0. The van der Waals surface area contributed by atoms with Gasteiger partial charge < -0.3 is 10.4 Å². The number of anilines is 1. The summed E-state index contributed by atoms with van der Waals surface area (Å²) in [6, 6.07) is 0. The topological polar surface area (TPSA) is 128 Å². The summed E-state index contributed by atoms with van der Waals surface area (Å²) in [5, 5.41) is 17.7. The Morgan fingerprint density at radius 2 is 2.00 bits per heavy atom. The number of H-pyrrole nitrogens is 2. The van der Waals surface area contributed by atoms with E-state index in [9.17, 15) is 14.4 Å². The number of hydrogen-bond donors (Lipinski definition) is 4. The van der Waals surface area contributed by atoms with E-state index >= 15 is 0 Å². The number of carbonyl (C=O) groups is 1. The van der Waals surface area contributed by atoms with Crippen LogP contribution in [0.1, 0.15) is 38.5 Å². The molecule has 0 amide bonds. The summed E-state index contributed by atoms with van der Waals surface area (Å²) in [4.78, 5) is 35.5. The van der Waals surface area contributed by atoms with Crippen LogP contribution in [0.15, 0.2) is 9.59 Å². The van der Waals surface area contributed by atoms with Crippen LogP contribution < -0.4 is 16.6 Å². The molecule has 1 aromatic rings. The second-order valence-corrected chi connectivity index (χ2v) is 5.34. The molecule has 0 bridgehead atoms. The van der Waals surface area contributed by atoms with E-state index in [1.54, 1.807) is 0 Å². The fourth-order valence-electron chi connectivity index (χ4n) is 2.78. The summed E-state index contributed by atoms with van der Waals surface area (Å²) < 4.78 is 0. The largest absolute Gasteiger partial charge is 0.481 e.